The Labute approximate surface area is 167 Å². The minimum absolute atomic E-state index is 0.295. The molecule has 2 fully saturated rings. The van der Waals surface area contributed by atoms with Crippen LogP contribution in [0.5, 0.6) is 0 Å². The van der Waals surface area contributed by atoms with Crippen LogP contribution < -0.4 is 16.4 Å². The Balaban J connectivity index is 1.64. The van der Waals surface area contributed by atoms with Crippen LogP contribution in [0.3, 0.4) is 0 Å². The molecule has 1 saturated carbocycles. The second kappa shape index (κ2) is 10.9. The smallest absolute Gasteiger partial charge is 0.195 e. The molecule has 0 spiro atoms. The summed E-state index contributed by atoms with van der Waals surface area (Å²) in [6.45, 7) is 3.36. The maximum atomic E-state index is 5.90. The van der Waals surface area contributed by atoms with Gasteiger partial charge in [0.15, 0.2) is 5.96 Å². The fourth-order valence-electron chi connectivity index (χ4n) is 4.03. The number of benzene rings is 1. The maximum Gasteiger partial charge on any atom is 0.195 e. The van der Waals surface area contributed by atoms with E-state index in [-0.39, 0.29) is 0 Å². The molecule has 2 aliphatic rings. The van der Waals surface area contributed by atoms with E-state index in [0.717, 1.165) is 50.7 Å². The molecule has 1 aromatic carbocycles. The Bertz CT molecular complexity index is 604. The minimum Gasteiger partial charge on any atom is -0.376 e. The van der Waals surface area contributed by atoms with Crippen LogP contribution >= 0.6 is 11.8 Å². The number of hydrogen-bond acceptors (Lipinski definition) is 4. The van der Waals surface area contributed by atoms with E-state index in [1.807, 2.05) is 0 Å². The van der Waals surface area contributed by atoms with Crippen molar-refractivity contribution in [2.24, 2.45) is 22.6 Å². The number of anilines is 1. The highest BCUT2D eigenvalue weighted by molar-refractivity contribution is 7.98. The molecule has 0 radical (unpaired) electrons. The molecular weight excluding hydrogens is 356 g/mol. The van der Waals surface area contributed by atoms with Gasteiger partial charge in [0.1, 0.15) is 0 Å². The van der Waals surface area contributed by atoms with Crippen molar-refractivity contribution >= 4 is 23.4 Å². The summed E-state index contributed by atoms with van der Waals surface area (Å²) in [5, 5.41) is 7.03. The van der Waals surface area contributed by atoms with Gasteiger partial charge >= 0.3 is 0 Å². The van der Waals surface area contributed by atoms with Gasteiger partial charge in [-0.3, -0.25) is 4.99 Å². The van der Waals surface area contributed by atoms with E-state index in [1.54, 1.807) is 11.8 Å². The van der Waals surface area contributed by atoms with Crippen molar-refractivity contribution in [3.05, 3.63) is 24.3 Å². The molecule has 3 rings (SSSR count). The lowest BCUT2D eigenvalue weighted by molar-refractivity contribution is 0.114. The highest BCUT2D eigenvalue weighted by Crippen LogP contribution is 2.29. The lowest BCUT2D eigenvalue weighted by atomic mass is 9.81. The number of hydrogen-bond donors (Lipinski definition) is 3. The summed E-state index contributed by atoms with van der Waals surface area (Å²) in [7, 11) is 0. The highest BCUT2D eigenvalue weighted by atomic mass is 32.2. The molecule has 3 atom stereocenters. The molecular formula is C21H34N4OS. The molecule has 1 heterocycles. The zero-order chi connectivity index (χ0) is 18.9. The van der Waals surface area contributed by atoms with Crippen LogP contribution in [0.2, 0.25) is 0 Å². The van der Waals surface area contributed by atoms with E-state index < -0.39 is 0 Å². The zero-order valence-corrected chi connectivity index (χ0v) is 17.3. The van der Waals surface area contributed by atoms with Crippen LogP contribution in [0.25, 0.3) is 0 Å². The summed E-state index contributed by atoms with van der Waals surface area (Å²) in [4.78, 5) is 6.16. The second-order valence-corrected chi connectivity index (χ2v) is 8.51. The van der Waals surface area contributed by atoms with Crippen molar-refractivity contribution in [3.63, 3.8) is 0 Å². The normalized spacial score (nSPS) is 26.1. The van der Waals surface area contributed by atoms with Gasteiger partial charge in [-0.15, -0.1) is 11.8 Å². The SMILES string of the molecule is CSc1ccccc1NC(=NCC1CCCC(CN)C1)NCC1CCCO1. The van der Waals surface area contributed by atoms with Crippen molar-refractivity contribution < 1.29 is 4.74 Å². The number of ether oxygens (including phenoxy) is 1. The van der Waals surface area contributed by atoms with E-state index in [0.29, 0.717) is 17.9 Å². The lowest BCUT2D eigenvalue weighted by Gasteiger charge is -2.27. The first-order valence-electron chi connectivity index (χ1n) is 10.3. The predicted octanol–water partition coefficient (Wildman–Crippen LogP) is 3.71. The molecule has 1 saturated heterocycles. The van der Waals surface area contributed by atoms with E-state index in [1.165, 1.54) is 30.6 Å². The third kappa shape index (κ3) is 6.40. The Morgan fingerprint density at radius 1 is 1.22 bits per heavy atom. The topological polar surface area (TPSA) is 71.7 Å². The number of aliphatic imine (C=N–C) groups is 1. The molecule has 5 nitrogen and oxygen atoms in total. The summed E-state index contributed by atoms with van der Waals surface area (Å²) in [6.07, 6.45) is 9.72. The van der Waals surface area contributed by atoms with Crippen LogP contribution in [0.15, 0.2) is 34.2 Å². The molecule has 0 amide bonds. The molecule has 1 aromatic rings. The molecule has 3 unspecified atom stereocenters. The van der Waals surface area contributed by atoms with E-state index in [2.05, 4.69) is 41.2 Å². The Kier molecular flexibility index (Phi) is 8.30. The second-order valence-electron chi connectivity index (χ2n) is 7.66. The zero-order valence-electron chi connectivity index (χ0n) is 16.5. The Hall–Kier alpha value is -1.24. The van der Waals surface area contributed by atoms with Crippen molar-refractivity contribution in [2.45, 2.75) is 49.5 Å². The predicted molar refractivity (Wildman–Crippen MR) is 116 cm³/mol. The van der Waals surface area contributed by atoms with Gasteiger partial charge in [0.05, 0.1) is 11.8 Å². The van der Waals surface area contributed by atoms with Crippen LogP contribution in [0, 0.1) is 11.8 Å². The van der Waals surface area contributed by atoms with Crippen LogP contribution in [-0.2, 0) is 4.74 Å². The fourth-order valence-corrected chi connectivity index (χ4v) is 4.59. The van der Waals surface area contributed by atoms with Gasteiger partial charge in [0.2, 0.25) is 0 Å². The lowest BCUT2D eigenvalue weighted by Crippen LogP contribution is -2.37. The summed E-state index contributed by atoms with van der Waals surface area (Å²) in [5.74, 6) is 2.18. The van der Waals surface area contributed by atoms with Crippen LogP contribution in [0.4, 0.5) is 5.69 Å². The number of thioether (sulfide) groups is 1. The fraction of sp³-hybridized carbons (Fsp3) is 0.667. The summed E-state index contributed by atoms with van der Waals surface area (Å²) >= 11 is 1.75. The maximum absolute atomic E-state index is 5.90. The van der Waals surface area contributed by atoms with Gasteiger partial charge in [0.25, 0.3) is 0 Å². The molecule has 6 heteroatoms. The third-order valence-electron chi connectivity index (χ3n) is 5.61. The van der Waals surface area contributed by atoms with Gasteiger partial charge in [0, 0.05) is 24.6 Å². The van der Waals surface area contributed by atoms with Gasteiger partial charge in [-0.1, -0.05) is 18.6 Å². The molecule has 27 heavy (non-hydrogen) atoms. The Morgan fingerprint density at radius 3 is 2.85 bits per heavy atom. The first kappa shape index (κ1) is 20.5. The van der Waals surface area contributed by atoms with Crippen LogP contribution in [0.1, 0.15) is 38.5 Å². The van der Waals surface area contributed by atoms with Gasteiger partial charge in [-0.25, -0.2) is 0 Å². The molecule has 1 aliphatic carbocycles. The van der Waals surface area contributed by atoms with Gasteiger partial charge < -0.3 is 21.1 Å². The quantitative estimate of drug-likeness (QED) is 0.376. The summed E-state index contributed by atoms with van der Waals surface area (Å²) in [6, 6.07) is 8.38. The van der Waals surface area contributed by atoms with Crippen molar-refractivity contribution in [1.29, 1.82) is 0 Å². The summed E-state index contributed by atoms with van der Waals surface area (Å²) in [5.41, 5.74) is 7.00. The number of para-hydroxylation sites is 1. The van der Waals surface area contributed by atoms with Crippen molar-refractivity contribution in [2.75, 3.05) is 37.8 Å². The largest absolute Gasteiger partial charge is 0.376 e. The molecule has 0 aromatic heterocycles. The first-order valence-corrected chi connectivity index (χ1v) is 11.5. The van der Waals surface area contributed by atoms with E-state index in [9.17, 15) is 0 Å². The molecule has 4 N–H and O–H groups in total. The standard InChI is InChI=1S/C21H34N4OS/c1-27-20-10-3-2-9-19(20)25-21(24-15-18-8-5-11-26-18)23-14-17-7-4-6-16(12-17)13-22/h2-3,9-10,16-18H,4-8,11-15,22H2,1H3,(H2,23,24,25). The summed E-state index contributed by atoms with van der Waals surface area (Å²) < 4.78 is 5.76. The van der Waals surface area contributed by atoms with Crippen molar-refractivity contribution in [3.8, 4) is 0 Å². The number of rotatable bonds is 7. The first-order chi connectivity index (χ1) is 13.3. The van der Waals surface area contributed by atoms with Crippen LogP contribution in [-0.4, -0.2) is 44.6 Å². The number of nitrogens with one attached hydrogen (secondary N) is 2. The average molecular weight is 391 g/mol. The van der Waals surface area contributed by atoms with E-state index >= 15 is 0 Å². The minimum atomic E-state index is 0.295. The van der Waals surface area contributed by atoms with Gasteiger partial charge in [-0.05, 0) is 68.9 Å². The van der Waals surface area contributed by atoms with Gasteiger partial charge in [-0.2, -0.15) is 0 Å². The van der Waals surface area contributed by atoms with Crippen molar-refractivity contribution in [1.82, 2.24) is 5.32 Å². The highest BCUT2D eigenvalue weighted by Gasteiger charge is 2.21. The Morgan fingerprint density at radius 2 is 2.07 bits per heavy atom. The number of guanidine groups is 1. The number of nitrogens with two attached hydrogens (primary N) is 1. The third-order valence-corrected chi connectivity index (χ3v) is 6.41. The van der Waals surface area contributed by atoms with E-state index in [4.69, 9.17) is 15.5 Å². The molecule has 150 valence electrons. The average Bonchev–Trinajstić information content (AvgIpc) is 3.24. The monoisotopic (exact) mass is 390 g/mol. The molecule has 1 aliphatic heterocycles. The molecule has 0 bridgehead atoms. The number of nitrogens with zero attached hydrogens (tertiary/aromatic N) is 1.